The Kier molecular flexibility index (Phi) is 9.79. The van der Waals surface area contributed by atoms with Crippen LogP contribution in [0.25, 0.3) is 0 Å². The Morgan fingerprint density at radius 3 is 2.38 bits per heavy atom. The van der Waals surface area contributed by atoms with Crippen LogP contribution in [0.1, 0.15) is 82.6 Å². The lowest BCUT2D eigenvalue weighted by Gasteiger charge is -2.36. The fourth-order valence-electron chi connectivity index (χ4n) is 4.86. The number of nitrogens with zero attached hydrogens (tertiary/aromatic N) is 1. The first-order valence-corrected chi connectivity index (χ1v) is 12.4. The zero-order valence-corrected chi connectivity index (χ0v) is 19.7. The zero-order chi connectivity index (χ0) is 22.8. The number of hydrogen-bond acceptors (Lipinski definition) is 5. The van der Waals surface area contributed by atoms with Gasteiger partial charge in [-0.05, 0) is 57.6 Å². The molecule has 2 fully saturated rings. The first-order valence-electron chi connectivity index (χ1n) is 12.4. The summed E-state index contributed by atoms with van der Waals surface area (Å²) in [7, 11) is 2.17. The molecule has 1 aromatic carbocycles. The Bertz CT molecular complexity index is 733. The van der Waals surface area contributed by atoms with E-state index in [1.807, 2.05) is 30.3 Å². The fraction of sp³-hybridized carbons (Fsp3) is 0.630. The topological polar surface area (TPSA) is 55.8 Å². The van der Waals surface area contributed by atoms with Crippen molar-refractivity contribution >= 4 is 11.9 Å². The normalized spacial score (nSPS) is 23.9. The lowest BCUT2D eigenvalue weighted by molar-refractivity contribution is -0.157. The number of carbonyl (C=O) groups excluding carboxylic acids is 2. The number of carbonyl (C=O) groups is 2. The second-order valence-corrected chi connectivity index (χ2v) is 9.23. The number of rotatable bonds is 12. The highest BCUT2D eigenvalue weighted by Gasteiger charge is 2.40. The van der Waals surface area contributed by atoms with Crippen molar-refractivity contribution in [1.82, 2.24) is 4.90 Å². The van der Waals surface area contributed by atoms with Crippen molar-refractivity contribution in [3.05, 3.63) is 48.0 Å². The highest BCUT2D eigenvalue weighted by atomic mass is 16.6. The van der Waals surface area contributed by atoms with Gasteiger partial charge in [0.25, 0.3) is 0 Å². The summed E-state index contributed by atoms with van der Waals surface area (Å²) in [6, 6.07) is 10.5. The van der Waals surface area contributed by atoms with Gasteiger partial charge in [0.15, 0.2) is 0 Å². The van der Waals surface area contributed by atoms with E-state index in [1.165, 1.54) is 25.7 Å². The quantitative estimate of drug-likeness (QED) is 0.247. The van der Waals surface area contributed by atoms with E-state index in [9.17, 15) is 9.59 Å². The van der Waals surface area contributed by atoms with Gasteiger partial charge in [-0.3, -0.25) is 9.59 Å². The van der Waals surface area contributed by atoms with E-state index >= 15 is 0 Å². The number of piperidine rings is 1. The smallest absolute Gasteiger partial charge is 0.317 e. The molecule has 5 nitrogen and oxygen atoms in total. The Balaban J connectivity index is 1.48. The molecule has 0 amide bonds. The van der Waals surface area contributed by atoms with Crippen LogP contribution in [0.15, 0.2) is 42.5 Å². The van der Waals surface area contributed by atoms with Crippen molar-refractivity contribution in [3.8, 4) is 0 Å². The lowest BCUT2D eigenvalue weighted by atomic mass is 9.98. The molecule has 0 radical (unpaired) electrons. The van der Waals surface area contributed by atoms with Crippen LogP contribution >= 0.6 is 0 Å². The molecule has 2 unspecified atom stereocenters. The van der Waals surface area contributed by atoms with Crippen molar-refractivity contribution < 1.29 is 19.1 Å². The van der Waals surface area contributed by atoms with Crippen molar-refractivity contribution in [2.24, 2.45) is 0 Å². The van der Waals surface area contributed by atoms with E-state index in [0.717, 1.165) is 37.7 Å². The van der Waals surface area contributed by atoms with Gasteiger partial charge < -0.3 is 14.4 Å². The summed E-state index contributed by atoms with van der Waals surface area (Å²) >= 11 is 0. The average molecular weight is 442 g/mol. The van der Waals surface area contributed by atoms with Gasteiger partial charge in [-0.25, -0.2) is 0 Å². The summed E-state index contributed by atoms with van der Waals surface area (Å²) in [4.78, 5) is 27.8. The molecule has 4 atom stereocenters. The Morgan fingerprint density at radius 2 is 1.72 bits per heavy atom. The van der Waals surface area contributed by atoms with Crippen LogP contribution < -0.4 is 0 Å². The molecule has 2 aliphatic heterocycles. The number of esters is 2. The largest absolute Gasteiger partial charge is 0.464 e. The molecule has 0 aliphatic carbocycles. The third-order valence-electron chi connectivity index (χ3n) is 6.88. The summed E-state index contributed by atoms with van der Waals surface area (Å²) in [5, 5.41) is 0. The average Bonchev–Trinajstić information content (AvgIpc) is 2.99. The molecule has 2 saturated heterocycles. The molecule has 0 aromatic heterocycles. The van der Waals surface area contributed by atoms with Crippen LogP contribution in [0.3, 0.4) is 0 Å². The molecule has 2 heterocycles. The standard InChI is InChI=1S/C27H39NO4/c1-3-4-5-6-7-8-12-15-26(29)31-20-25(21-13-10-9-11-14-21)27(30)32-24-18-22-16-17-23(19-24)28(22)2/h6-7,9-11,13-14,22-25H,3-5,8,12,15-20H2,1-2H3/b7-6-/t22-,23+,24?,25?. The summed E-state index contributed by atoms with van der Waals surface area (Å²) in [6.07, 6.45) is 13.9. The Labute approximate surface area is 193 Å². The van der Waals surface area contributed by atoms with Crippen LogP contribution in [0.5, 0.6) is 0 Å². The fourth-order valence-corrected chi connectivity index (χ4v) is 4.86. The maximum absolute atomic E-state index is 13.1. The van der Waals surface area contributed by atoms with Crippen molar-refractivity contribution in [3.63, 3.8) is 0 Å². The molecule has 5 heteroatoms. The van der Waals surface area contributed by atoms with Gasteiger partial charge in [-0.2, -0.15) is 0 Å². The minimum absolute atomic E-state index is 0.0352. The molecule has 2 aliphatic rings. The van der Waals surface area contributed by atoms with Gasteiger partial charge >= 0.3 is 11.9 Å². The number of hydrogen-bond donors (Lipinski definition) is 0. The molecule has 3 rings (SSSR count). The van der Waals surface area contributed by atoms with Crippen LogP contribution in [0.4, 0.5) is 0 Å². The van der Waals surface area contributed by atoms with E-state index in [1.54, 1.807) is 0 Å². The van der Waals surface area contributed by atoms with E-state index < -0.39 is 5.92 Å². The molecular weight excluding hydrogens is 402 g/mol. The number of unbranched alkanes of at least 4 members (excludes halogenated alkanes) is 3. The summed E-state index contributed by atoms with van der Waals surface area (Å²) in [5.41, 5.74) is 0.833. The van der Waals surface area contributed by atoms with Gasteiger partial charge in [-0.1, -0.05) is 62.2 Å². The van der Waals surface area contributed by atoms with E-state index in [0.29, 0.717) is 18.5 Å². The summed E-state index contributed by atoms with van der Waals surface area (Å²) in [6.45, 7) is 2.22. The maximum atomic E-state index is 13.1. The molecule has 32 heavy (non-hydrogen) atoms. The SMILES string of the molecule is CCCC/C=C\CCCC(=O)OCC(C(=O)OC1C[C@H]2CC[C@@H](C1)N2C)c1ccccc1. The van der Waals surface area contributed by atoms with Gasteiger partial charge in [0.05, 0.1) is 0 Å². The van der Waals surface area contributed by atoms with Crippen molar-refractivity contribution in [2.75, 3.05) is 13.7 Å². The van der Waals surface area contributed by atoms with Crippen molar-refractivity contribution in [2.45, 2.75) is 95.2 Å². The predicted molar refractivity (Wildman–Crippen MR) is 126 cm³/mol. The first kappa shape index (κ1) is 24.5. The third kappa shape index (κ3) is 7.19. The van der Waals surface area contributed by atoms with Gasteiger partial charge in [0, 0.05) is 18.5 Å². The lowest BCUT2D eigenvalue weighted by Crippen LogP contribution is -2.44. The van der Waals surface area contributed by atoms with E-state index in [4.69, 9.17) is 9.47 Å². The van der Waals surface area contributed by atoms with Crippen LogP contribution in [-0.2, 0) is 19.1 Å². The van der Waals surface area contributed by atoms with Crippen LogP contribution in [0.2, 0.25) is 0 Å². The Morgan fingerprint density at radius 1 is 1.06 bits per heavy atom. The van der Waals surface area contributed by atoms with Gasteiger partial charge in [-0.15, -0.1) is 0 Å². The highest BCUT2D eigenvalue weighted by Crippen LogP contribution is 2.36. The van der Waals surface area contributed by atoms with Gasteiger partial charge in [0.1, 0.15) is 18.6 Å². The van der Waals surface area contributed by atoms with Crippen molar-refractivity contribution in [1.29, 1.82) is 0 Å². The molecule has 2 bridgehead atoms. The summed E-state index contributed by atoms with van der Waals surface area (Å²) in [5.74, 6) is -1.11. The number of allylic oxidation sites excluding steroid dienone is 2. The van der Waals surface area contributed by atoms with Gasteiger partial charge in [0.2, 0.25) is 0 Å². The monoisotopic (exact) mass is 441 g/mol. The number of benzene rings is 1. The summed E-state index contributed by atoms with van der Waals surface area (Å²) < 4.78 is 11.5. The zero-order valence-electron chi connectivity index (χ0n) is 19.7. The molecule has 176 valence electrons. The maximum Gasteiger partial charge on any atom is 0.317 e. The second kappa shape index (κ2) is 12.8. The van der Waals surface area contributed by atoms with E-state index in [2.05, 4.69) is 31.0 Å². The predicted octanol–water partition coefficient (Wildman–Crippen LogP) is 5.40. The van der Waals surface area contributed by atoms with Crippen LogP contribution in [0, 0.1) is 0 Å². The molecule has 1 aromatic rings. The molecule has 0 N–H and O–H groups in total. The van der Waals surface area contributed by atoms with Crippen LogP contribution in [-0.4, -0.2) is 48.7 Å². The molecular formula is C27H39NO4. The van der Waals surface area contributed by atoms with E-state index in [-0.39, 0.29) is 24.6 Å². The Hall–Kier alpha value is -2.14. The number of fused-ring (bicyclic) bond motifs is 2. The number of ether oxygens (including phenoxy) is 2. The second-order valence-electron chi connectivity index (χ2n) is 9.23. The molecule has 0 spiro atoms. The third-order valence-corrected chi connectivity index (χ3v) is 6.88. The highest BCUT2D eigenvalue weighted by molar-refractivity contribution is 5.79. The molecule has 0 saturated carbocycles. The minimum atomic E-state index is -0.577. The first-order chi connectivity index (χ1) is 15.6. The minimum Gasteiger partial charge on any atom is -0.464 e.